The summed E-state index contributed by atoms with van der Waals surface area (Å²) in [5.74, 6) is -0.468. The van der Waals surface area contributed by atoms with Crippen LogP contribution < -0.4 is 5.32 Å². The van der Waals surface area contributed by atoms with E-state index in [4.69, 9.17) is 9.47 Å². The van der Waals surface area contributed by atoms with Crippen molar-refractivity contribution in [2.75, 3.05) is 33.4 Å². The number of carboxylic acids is 1. The number of methoxy groups -OCH3 is 1. The molecule has 5 nitrogen and oxygen atoms in total. The first-order chi connectivity index (χ1) is 11.1. The van der Waals surface area contributed by atoms with Crippen molar-refractivity contribution in [1.29, 1.82) is 0 Å². The predicted molar refractivity (Wildman–Crippen MR) is 89.2 cm³/mol. The number of carboxylic acid groups (broad SMARTS) is 1. The average molecular weight is 319 g/mol. The lowest BCUT2D eigenvalue weighted by molar-refractivity contribution is -0.132. The Balaban J connectivity index is 1.97. The summed E-state index contributed by atoms with van der Waals surface area (Å²) in [5.41, 5.74) is 3.47. The van der Waals surface area contributed by atoms with Gasteiger partial charge in [-0.3, -0.25) is 0 Å². The number of hydrogen-bond donors (Lipinski definition) is 2. The zero-order valence-electron chi connectivity index (χ0n) is 13.8. The van der Waals surface area contributed by atoms with Crippen molar-refractivity contribution in [3.05, 3.63) is 41.0 Å². The molecule has 1 aliphatic heterocycles. The molecular formula is C18H25NO4. The van der Waals surface area contributed by atoms with E-state index in [1.54, 1.807) is 7.11 Å². The maximum atomic E-state index is 11.3. The minimum Gasteiger partial charge on any atom is -0.478 e. The minimum absolute atomic E-state index is 0.372. The number of rotatable bonds is 8. The third-order valence-electron chi connectivity index (χ3n) is 3.90. The van der Waals surface area contributed by atoms with Crippen LogP contribution in [0.4, 0.5) is 0 Å². The number of carbonyl (C=O) groups is 1. The SMILES string of the molecule is COC[C@H](C)COCc1ccc(C2=C(C(=O)O)CNCC2)cc1. The van der Waals surface area contributed by atoms with Gasteiger partial charge in [-0.1, -0.05) is 31.2 Å². The third kappa shape index (κ3) is 5.16. The van der Waals surface area contributed by atoms with Gasteiger partial charge < -0.3 is 19.9 Å². The van der Waals surface area contributed by atoms with Gasteiger partial charge in [-0.25, -0.2) is 4.79 Å². The van der Waals surface area contributed by atoms with Crippen molar-refractivity contribution in [3.63, 3.8) is 0 Å². The Morgan fingerprint density at radius 2 is 2.04 bits per heavy atom. The average Bonchev–Trinajstić information content (AvgIpc) is 2.56. The van der Waals surface area contributed by atoms with Gasteiger partial charge in [-0.15, -0.1) is 0 Å². The Hall–Kier alpha value is -1.69. The zero-order valence-corrected chi connectivity index (χ0v) is 13.8. The first-order valence-electron chi connectivity index (χ1n) is 7.93. The lowest BCUT2D eigenvalue weighted by Gasteiger charge is -2.19. The highest BCUT2D eigenvalue weighted by Crippen LogP contribution is 2.25. The molecule has 126 valence electrons. The molecule has 1 atom stereocenters. The molecular weight excluding hydrogens is 294 g/mol. The van der Waals surface area contributed by atoms with Crippen molar-refractivity contribution in [3.8, 4) is 0 Å². The molecule has 0 unspecified atom stereocenters. The maximum Gasteiger partial charge on any atom is 0.333 e. The quantitative estimate of drug-likeness (QED) is 0.770. The van der Waals surface area contributed by atoms with Crippen molar-refractivity contribution >= 4 is 11.5 Å². The summed E-state index contributed by atoms with van der Waals surface area (Å²) in [7, 11) is 1.69. The molecule has 0 aliphatic carbocycles. The third-order valence-corrected chi connectivity index (χ3v) is 3.90. The molecule has 5 heteroatoms. The standard InChI is InChI=1S/C18H25NO4/c1-13(10-22-2)11-23-12-14-3-5-15(6-4-14)16-7-8-19-9-17(16)18(20)21/h3-6,13,19H,7-12H2,1-2H3,(H,20,21)/t13-/m0/s1. The molecule has 0 aromatic heterocycles. The van der Waals surface area contributed by atoms with Gasteiger partial charge in [-0.2, -0.15) is 0 Å². The fourth-order valence-corrected chi connectivity index (χ4v) is 2.72. The van der Waals surface area contributed by atoms with E-state index < -0.39 is 5.97 Å². The normalized spacial score (nSPS) is 16.4. The van der Waals surface area contributed by atoms with Crippen molar-refractivity contribution in [1.82, 2.24) is 5.32 Å². The molecule has 0 saturated carbocycles. The molecule has 0 radical (unpaired) electrons. The highest BCUT2D eigenvalue weighted by atomic mass is 16.5. The molecule has 0 saturated heterocycles. The van der Waals surface area contributed by atoms with E-state index in [9.17, 15) is 9.90 Å². The Kier molecular flexibility index (Phi) is 6.77. The predicted octanol–water partition coefficient (Wildman–Crippen LogP) is 2.32. The molecule has 1 aromatic carbocycles. The molecule has 23 heavy (non-hydrogen) atoms. The van der Waals surface area contributed by atoms with Gasteiger partial charge in [0.15, 0.2) is 0 Å². The molecule has 1 heterocycles. The fourth-order valence-electron chi connectivity index (χ4n) is 2.72. The highest BCUT2D eigenvalue weighted by molar-refractivity contribution is 5.97. The second kappa shape index (κ2) is 8.82. The number of hydrogen-bond acceptors (Lipinski definition) is 4. The van der Waals surface area contributed by atoms with E-state index in [-0.39, 0.29) is 0 Å². The fraction of sp³-hybridized carbons (Fsp3) is 0.500. The summed E-state index contributed by atoms with van der Waals surface area (Å²) < 4.78 is 10.8. The summed E-state index contributed by atoms with van der Waals surface area (Å²) >= 11 is 0. The van der Waals surface area contributed by atoms with E-state index in [0.29, 0.717) is 37.9 Å². The zero-order chi connectivity index (χ0) is 16.7. The van der Waals surface area contributed by atoms with Gasteiger partial charge in [0.2, 0.25) is 0 Å². The summed E-state index contributed by atoms with van der Waals surface area (Å²) in [6.07, 6.45) is 0.742. The van der Waals surface area contributed by atoms with Crippen molar-refractivity contribution < 1.29 is 19.4 Å². The Morgan fingerprint density at radius 1 is 1.30 bits per heavy atom. The van der Waals surface area contributed by atoms with Crippen LogP contribution in [-0.4, -0.2) is 44.5 Å². The Labute approximate surface area is 137 Å². The number of aliphatic carboxylic acids is 1. The van der Waals surface area contributed by atoms with Crippen molar-refractivity contribution in [2.45, 2.75) is 20.0 Å². The number of benzene rings is 1. The monoisotopic (exact) mass is 319 g/mol. The molecule has 2 rings (SSSR count). The van der Waals surface area contributed by atoms with Crippen LogP contribution in [0.25, 0.3) is 5.57 Å². The molecule has 1 aromatic rings. The van der Waals surface area contributed by atoms with Gasteiger partial charge in [0, 0.05) is 19.6 Å². The van der Waals surface area contributed by atoms with E-state index in [1.165, 1.54) is 0 Å². The van der Waals surface area contributed by atoms with Crippen LogP contribution in [0, 0.1) is 5.92 Å². The van der Waals surface area contributed by atoms with Gasteiger partial charge >= 0.3 is 5.97 Å². The second-order valence-corrected chi connectivity index (χ2v) is 5.96. The number of nitrogens with one attached hydrogen (secondary N) is 1. The summed E-state index contributed by atoms with van der Waals surface area (Å²) in [6, 6.07) is 7.98. The number of ether oxygens (including phenoxy) is 2. The lowest BCUT2D eigenvalue weighted by Crippen LogP contribution is -2.28. The summed E-state index contributed by atoms with van der Waals surface area (Å²) in [5, 5.41) is 12.4. The molecule has 1 aliphatic rings. The van der Waals surface area contributed by atoms with Crippen LogP contribution in [0.1, 0.15) is 24.5 Å². The van der Waals surface area contributed by atoms with Crippen LogP contribution in [-0.2, 0) is 20.9 Å². The van der Waals surface area contributed by atoms with Crippen molar-refractivity contribution in [2.24, 2.45) is 5.92 Å². The Morgan fingerprint density at radius 3 is 2.70 bits per heavy atom. The molecule has 2 N–H and O–H groups in total. The molecule has 0 spiro atoms. The van der Waals surface area contributed by atoms with Crippen LogP contribution in [0.5, 0.6) is 0 Å². The van der Waals surface area contributed by atoms with E-state index in [2.05, 4.69) is 12.2 Å². The highest BCUT2D eigenvalue weighted by Gasteiger charge is 2.19. The first kappa shape index (κ1) is 17.7. The van der Waals surface area contributed by atoms with E-state index in [1.807, 2.05) is 24.3 Å². The van der Waals surface area contributed by atoms with Gasteiger partial charge in [-0.05, 0) is 29.7 Å². The smallest absolute Gasteiger partial charge is 0.333 e. The van der Waals surface area contributed by atoms with Crippen LogP contribution in [0.2, 0.25) is 0 Å². The minimum atomic E-state index is -0.841. The van der Waals surface area contributed by atoms with Gasteiger partial charge in [0.25, 0.3) is 0 Å². The van der Waals surface area contributed by atoms with Crippen LogP contribution in [0.15, 0.2) is 29.8 Å². The Bertz CT molecular complexity index is 551. The molecule has 0 bridgehead atoms. The largest absolute Gasteiger partial charge is 0.478 e. The topological polar surface area (TPSA) is 67.8 Å². The summed E-state index contributed by atoms with van der Waals surface area (Å²) in [4.78, 5) is 11.3. The van der Waals surface area contributed by atoms with Gasteiger partial charge in [0.1, 0.15) is 0 Å². The second-order valence-electron chi connectivity index (χ2n) is 5.96. The van der Waals surface area contributed by atoms with Gasteiger partial charge in [0.05, 0.1) is 25.4 Å². The maximum absolute atomic E-state index is 11.3. The molecule has 0 amide bonds. The van der Waals surface area contributed by atoms with Crippen LogP contribution in [0.3, 0.4) is 0 Å². The first-order valence-corrected chi connectivity index (χ1v) is 7.93. The molecule has 0 fully saturated rings. The summed E-state index contributed by atoms with van der Waals surface area (Å²) in [6.45, 7) is 5.24. The lowest BCUT2D eigenvalue weighted by atomic mass is 9.94. The van der Waals surface area contributed by atoms with Crippen LogP contribution >= 0.6 is 0 Å². The van der Waals surface area contributed by atoms with E-state index in [0.717, 1.165) is 29.7 Å². The van der Waals surface area contributed by atoms with E-state index >= 15 is 0 Å².